The van der Waals surface area contributed by atoms with Gasteiger partial charge in [-0.25, -0.2) is 8.42 Å². The Morgan fingerprint density at radius 1 is 1.24 bits per heavy atom. The summed E-state index contributed by atoms with van der Waals surface area (Å²) in [5.41, 5.74) is 1.67. The van der Waals surface area contributed by atoms with Crippen LogP contribution in [0.4, 0.5) is 0 Å². The lowest BCUT2D eigenvalue weighted by atomic mass is 10.1. The van der Waals surface area contributed by atoms with Gasteiger partial charge in [-0.2, -0.15) is 4.31 Å². The maximum absolute atomic E-state index is 12.9. The highest BCUT2D eigenvalue weighted by molar-refractivity contribution is 7.89. The number of rotatable bonds is 7. The van der Waals surface area contributed by atoms with Gasteiger partial charge in [0.15, 0.2) is 0 Å². The van der Waals surface area contributed by atoms with Crippen molar-refractivity contribution in [2.24, 2.45) is 5.92 Å². The standard InChI is InChI=1S/C16H26ClNO2S/c1-6-15-8-7-14(11-17)10-16(15)21(19,20)18(5)13(4)9-12(2)3/h7-8,10,12-13H,6,9,11H2,1-5H3. The molecule has 120 valence electrons. The molecule has 0 amide bonds. The molecule has 0 aromatic heterocycles. The monoisotopic (exact) mass is 331 g/mol. The van der Waals surface area contributed by atoms with Gasteiger partial charge in [0, 0.05) is 19.0 Å². The van der Waals surface area contributed by atoms with E-state index in [1.807, 2.05) is 26.0 Å². The molecule has 0 saturated heterocycles. The fourth-order valence-electron chi connectivity index (χ4n) is 2.44. The molecule has 0 fully saturated rings. The third kappa shape index (κ3) is 4.44. The van der Waals surface area contributed by atoms with Crippen molar-refractivity contribution >= 4 is 21.6 Å². The Labute approximate surface area is 134 Å². The summed E-state index contributed by atoms with van der Waals surface area (Å²) < 4.78 is 27.3. The molecule has 3 nitrogen and oxygen atoms in total. The minimum Gasteiger partial charge on any atom is -0.207 e. The van der Waals surface area contributed by atoms with Gasteiger partial charge in [-0.1, -0.05) is 32.9 Å². The highest BCUT2D eigenvalue weighted by atomic mass is 35.5. The Morgan fingerprint density at radius 3 is 2.33 bits per heavy atom. The molecule has 0 aliphatic carbocycles. The van der Waals surface area contributed by atoms with Gasteiger partial charge in [0.2, 0.25) is 10.0 Å². The first-order valence-electron chi connectivity index (χ1n) is 7.39. The number of benzene rings is 1. The second-order valence-corrected chi connectivity index (χ2v) is 8.16. The lowest BCUT2D eigenvalue weighted by Crippen LogP contribution is -2.36. The summed E-state index contributed by atoms with van der Waals surface area (Å²) >= 11 is 5.85. The van der Waals surface area contributed by atoms with Gasteiger partial charge < -0.3 is 0 Å². The third-order valence-electron chi connectivity index (χ3n) is 3.76. The van der Waals surface area contributed by atoms with E-state index in [9.17, 15) is 8.42 Å². The van der Waals surface area contributed by atoms with Crippen LogP contribution in [0.2, 0.25) is 0 Å². The second-order valence-electron chi connectivity index (χ2n) is 5.93. The lowest BCUT2D eigenvalue weighted by molar-refractivity contribution is 0.337. The van der Waals surface area contributed by atoms with E-state index in [0.29, 0.717) is 23.1 Å². The molecule has 0 aliphatic rings. The Hall–Kier alpha value is -0.580. The Bertz CT molecular complexity index is 570. The maximum Gasteiger partial charge on any atom is 0.243 e. The zero-order chi connectivity index (χ0) is 16.2. The van der Waals surface area contributed by atoms with Crippen molar-refractivity contribution < 1.29 is 8.42 Å². The molecular formula is C16H26ClNO2S. The molecule has 1 atom stereocenters. The van der Waals surface area contributed by atoms with Crippen LogP contribution in [0.5, 0.6) is 0 Å². The predicted molar refractivity (Wildman–Crippen MR) is 89.2 cm³/mol. The molecule has 0 aliphatic heterocycles. The lowest BCUT2D eigenvalue weighted by Gasteiger charge is -2.26. The first kappa shape index (κ1) is 18.5. The van der Waals surface area contributed by atoms with Crippen LogP contribution >= 0.6 is 11.6 Å². The average Bonchev–Trinajstić information content (AvgIpc) is 2.44. The molecule has 5 heteroatoms. The van der Waals surface area contributed by atoms with Crippen molar-refractivity contribution in [1.82, 2.24) is 4.31 Å². The van der Waals surface area contributed by atoms with E-state index < -0.39 is 10.0 Å². The molecule has 0 saturated carbocycles. The van der Waals surface area contributed by atoms with E-state index in [1.54, 1.807) is 13.1 Å². The fraction of sp³-hybridized carbons (Fsp3) is 0.625. The molecule has 21 heavy (non-hydrogen) atoms. The van der Waals surface area contributed by atoms with Crippen molar-refractivity contribution in [3.8, 4) is 0 Å². The molecule has 1 aromatic carbocycles. The number of sulfonamides is 1. The van der Waals surface area contributed by atoms with Gasteiger partial charge in [-0.15, -0.1) is 11.6 Å². The number of hydrogen-bond donors (Lipinski definition) is 0. The van der Waals surface area contributed by atoms with Gasteiger partial charge in [-0.3, -0.25) is 0 Å². The Balaban J connectivity index is 3.23. The molecule has 0 bridgehead atoms. The molecule has 1 aromatic rings. The summed E-state index contributed by atoms with van der Waals surface area (Å²) in [7, 11) is -1.82. The largest absolute Gasteiger partial charge is 0.243 e. The summed E-state index contributed by atoms with van der Waals surface area (Å²) in [6, 6.07) is 5.44. The van der Waals surface area contributed by atoms with Crippen molar-refractivity contribution in [2.75, 3.05) is 7.05 Å². The van der Waals surface area contributed by atoms with Crippen LogP contribution in [-0.2, 0) is 22.3 Å². The van der Waals surface area contributed by atoms with Crippen molar-refractivity contribution in [3.05, 3.63) is 29.3 Å². The van der Waals surface area contributed by atoms with Crippen molar-refractivity contribution in [1.29, 1.82) is 0 Å². The van der Waals surface area contributed by atoms with Gasteiger partial charge in [-0.05, 0) is 42.9 Å². The van der Waals surface area contributed by atoms with E-state index >= 15 is 0 Å². The van der Waals surface area contributed by atoms with Gasteiger partial charge >= 0.3 is 0 Å². The molecule has 1 unspecified atom stereocenters. The van der Waals surface area contributed by atoms with E-state index in [2.05, 4.69) is 13.8 Å². The number of halogens is 1. The summed E-state index contributed by atoms with van der Waals surface area (Å²) in [5.74, 6) is 0.773. The van der Waals surface area contributed by atoms with Crippen molar-refractivity contribution in [2.45, 2.75) is 57.4 Å². The Kier molecular flexibility index (Phi) is 6.70. The SMILES string of the molecule is CCc1ccc(CCl)cc1S(=O)(=O)N(C)C(C)CC(C)C. The molecule has 0 heterocycles. The van der Waals surface area contributed by atoms with Crippen LogP contribution in [0, 0.1) is 5.92 Å². The minimum absolute atomic E-state index is 0.0284. The molecule has 1 rings (SSSR count). The molecule has 0 N–H and O–H groups in total. The summed E-state index contributed by atoms with van der Waals surface area (Å²) in [4.78, 5) is 0.390. The zero-order valence-corrected chi connectivity index (χ0v) is 15.1. The first-order chi connectivity index (χ1) is 9.73. The second kappa shape index (κ2) is 7.61. The minimum atomic E-state index is -3.48. The van der Waals surface area contributed by atoms with Crippen molar-refractivity contribution in [3.63, 3.8) is 0 Å². The summed E-state index contributed by atoms with van der Waals surface area (Å²) in [6.07, 6.45) is 1.52. The van der Waals surface area contributed by atoms with Crippen LogP contribution in [-0.4, -0.2) is 25.8 Å². The van der Waals surface area contributed by atoms with E-state index in [-0.39, 0.29) is 6.04 Å². The predicted octanol–water partition coefficient (Wildman–Crippen LogP) is 4.04. The maximum atomic E-state index is 12.9. The quantitative estimate of drug-likeness (QED) is 0.707. The summed E-state index contributed by atoms with van der Waals surface area (Å²) in [5, 5.41) is 0. The highest BCUT2D eigenvalue weighted by Crippen LogP contribution is 2.25. The van der Waals surface area contributed by atoms with Gasteiger partial charge in [0.25, 0.3) is 0 Å². The zero-order valence-electron chi connectivity index (χ0n) is 13.6. The number of aryl methyl sites for hydroxylation is 1. The van der Waals surface area contributed by atoms with Crippen LogP contribution < -0.4 is 0 Å². The van der Waals surface area contributed by atoms with Crippen LogP contribution in [0.15, 0.2) is 23.1 Å². The van der Waals surface area contributed by atoms with E-state index in [4.69, 9.17) is 11.6 Å². The topological polar surface area (TPSA) is 37.4 Å². The van der Waals surface area contributed by atoms with Crippen LogP contribution in [0.25, 0.3) is 0 Å². The highest BCUT2D eigenvalue weighted by Gasteiger charge is 2.27. The first-order valence-corrected chi connectivity index (χ1v) is 9.37. The molecule has 0 spiro atoms. The third-order valence-corrected chi connectivity index (χ3v) is 6.12. The van der Waals surface area contributed by atoms with Crippen LogP contribution in [0.1, 0.15) is 45.2 Å². The molecular weight excluding hydrogens is 306 g/mol. The average molecular weight is 332 g/mol. The summed E-state index contributed by atoms with van der Waals surface area (Å²) in [6.45, 7) is 8.12. The Morgan fingerprint density at radius 2 is 1.86 bits per heavy atom. The van der Waals surface area contributed by atoms with E-state index in [0.717, 1.165) is 17.5 Å². The number of alkyl halides is 1. The van der Waals surface area contributed by atoms with E-state index in [1.165, 1.54) is 4.31 Å². The van der Waals surface area contributed by atoms with Gasteiger partial charge in [0.1, 0.15) is 0 Å². The normalized spacial score (nSPS) is 13.9. The molecule has 0 radical (unpaired) electrons. The smallest absolute Gasteiger partial charge is 0.207 e. The number of nitrogens with zero attached hydrogens (tertiary/aromatic N) is 1. The van der Waals surface area contributed by atoms with Gasteiger partial charge in [0.05, 0.1) is 4.90 Å². The van der Waals surface area contributed by atoms with Crippen LogP contribution in [0.3, 0.4) is 0 Å². The fourth-order valence-corrected chi connectivity index (χ4v) is 4.32. The number of hydrogen-bond acceptors (Lipinski definition) is 2.